The van der Waals surface area contributed by atoms with Gasteiger partial charge in [0, 0.05) is 11.6 Å². The van der Waals surface area contributed by atoms with Crippen molar-refractivity contribution in [3.63, 3.8) is 0 Å². The van der Waals surface area contributed by atoms with Crippen molar-refractivity contribution in [2.75, 3.05) is 27.3 Å². The summed E-state index contributed by atoms with van der Waals surface area (Å²) >= 11 is 0. The number of likely N-dealkylation sites (tertiary alicyclic amines) is 1. The number of methoxy groups -OCH3 is 2. The molecular weight excluding hydrogens is 358 g/mol. The van der Waals surface area contributed by atoms with Crippen LogP contribution >= 0.6 is 0 Å². The molecule has 0 saturated carbocycles. The van der Waals surface area contributed by atoms with Gasteiger partial charge >= 0.3 is 5.63 Å². The Hall–Kier alpha value is -2.99. The number of rotatable bonds is 5. The third-order valence-corrected chi connectivity index (χ3v) is 5.33. The minimum absolute atomic E-state index is 0.0402. The van der Waals surface area contributed by atoms with Gasteiger partial charge in [0.2, 0.25) is 0 Å². The van der Waals surface area contributed by atoms with Gasteiger partial charge in [0.25, 0.3) is 0 Å². The van der Waals surface area contributed by atoms with Crippen molar-refractivity contribution >= 4 is 11.0 Å². The van der Waals surface area contributed by atoms with Crippen molar-refractivity contribution < 1.29 is 19.0 Å². The summed E-state index contributed by atoms with van der Waals surface area (Å²) in [5.74, 6) is 1.22. The molecule has 3 aromatic rings. The molecule has 1 aliphatic heterocycles. The second kappa shape index (κ2) is 7.56. The molecule has 2 heterocycles. The predicted molar refractivity (Wildman–Crippen MR) is 106 cm³/mol. The SMILES string of the molecule is COc1ccc([C@@H](c2c(O)c3ccccc3oc2=O)N2CCCC2)c(OC)c1. The van der Waals surface area contributed by atoms with Crippen molar-refractivity contribution in [1.82, 2.24) is 4.90 Å². The largest absolute Gasteiger partial charge is 0.507 e. The van der Waals surface area contributed by atoms with Gasteiger partial charge in [-0.1, -0.05) is 12.1 Å². The average Bonchev–Trinajstić information content (AvgIpc) is 3.25. The molecule has 0 unspecified atom stereocenters. The van der Waals surface area contributed by atoms with Crippen LogP contribution in [0.2, 0.25) is 0 Å². The van der Waals surface area contributed by atoms with Crippen LogP contribution in [0.25, 0.3) is 11.0 Å². The van der Waals surface area contributed by atoms with E-state index in [1.165, 1.54) is 0 Å². The highest BCUT2D eigenvalue weighted by atomic mass is 16.5. The van der Waals surface area contributed by atoms with Gasteiger partial charge < -0.3 is 19.0 Å². The summed E-state index contributed by atoms with van der Waals surface area (Å²) < 4.78 is 16.4. The van der Waals surface area contributed by atoms with Gasteiger partial charge in [0.05, 0.1) is 25.6 Å². The van der Waals surface area contributed by atoms with E-state index in [0.717, 1.165) is 31.5 Å². The number of aromatic hydroxyl groups is 1. The number of para-hydroxylation sites is 1. The minimum atomic E-state index is -0.536. The zero-order valence-electron chi connectivity index (χ0n) is 16.0. The lowest BCUT2D eigenvalue weighted by Gasteiger charge is -2.29. The first-order valence-corrected chi connectivity index (χ1v) is 9.34. The van der Waals surface area contributed by atoms with Crippen LogP contribution in [0.3, 0.4) is 0 Å². The van der Waals surface area contributed by atoms with Crippen molar-refractivity contribution in [3.05, 3.63) is 64.0 Å². The van der Waals surface area contributed by atoms with E-state index in [9.17, 15) is 9.90 Å². The summed E-state index contributed by atoms with van der Waals surface area (Å²) in [5, 5.41) is 11.6. The molecule has 0 radical (unpaired) electrons. The van der Waals surface area contributed by atoms with Crippen LogP contribution in [0.1, 0.15) is 30.0 Å². The molecule has 0 amide bonds. The molecule has 146 valence electrons. The summed E-state index contributed by atoms with van der Waals surface area (Å²) in [5.41, 5.74) is 0.869. The Kier molecular flexibility index (Phi) is 4.96. The normalized spacial score (nSPS) is 15.6. The maximum Gasteiger partial charge on any atom is 0.345 e. The van der Waals surface area contributed by atoms with Crippen LogP contribution in [0.4, 0.5) is 0 Å². The minimum Gasteiger partial charge on any atom is -0.507 e. The number of hydrogen-bond acceptors (Lipinski definition) is 6. The van der Waals surface area contributed by atoms with E-state index < -0.39 is 11.7 Å². The first-order valence-electron chi connectivity index (χ1n) is 9.34. The zero-order valence-corrected chi connectivity index (χ0v) is 16.0. The van der Waals surface area contributed by atoms with Crippen molar-refractivity contribution in [2.45, 2.75) is 18.9 Å². The van der Waals surface area contributed by atoms with Gasteiger partial charge in [0.15, 0.2) is 0 Å². The van der Waals surface area contributed by atoms with Gasteiger partial charge in [0.1, 0.15) is 28.4 Å². The fourth-order valence-corrected chi connectivity index (χ4v) is 3.97. The molecule has 1 N–H and O–H groups in total. The van der Waals surface area contributed by atoms with Crippen LogP contribution in [-0.4, -0.2) is 37.3 Å². The highest BCUT2D eigenvalue weighted by Crippen LogP contribution is 2.41. The van der Waals surface area contributed by atoms with Crippen LogP contribution in [0, 0.1) is 0 Å². The molecule has 28 heavy (non-hydrogen) atoms. The Bertz CT molecular complexity index is 1050. The molecule has 1 aliphatic rings. The maximum absolute atomic E-state index is 12.9. The first-order chi connectivity index (χ1) is 13.6. The Morgan fingerprint density at radius 3 is 2.54 bits per heavy atom. The first kappa shape index (κ1) is 18.4. The highest BCUT2D eigenvalue weighted by molar-refractivity contribution is 5.84. The molecule has 1 saturated heterocycles. The molecule has 2 aromatic carbocycles. The number of nitrogens with zero attached hydrogens (tertiary/aromatic N) is 1. The fraction of sp³-hybridized carbons (Fsp3) is 0.318. The van der Waals surface area contributed by atoms with Crippen LogP contribution in [0.5, 0.6) is 17.2 Å². The van der Waals surface area contributed by atoms with Gasteiger partial charge in [-0.05, 0) is 50.2 Å². The number of fused-ring (bicyclic) bond motifs is 1. The van der Waals surface area contributed by atoms with Crippen LogP contribution in [0.15, 0.2) is 51.7 Å². The fourth-order valence-electron chi connectivity index (χ4n) is 3.97. The topological polar surface area (TPSA) is 72.1 Å². The molecule has 0 aliphatic carbocycles. The Morgan fingerprint density at radius 1 is 1.07 bits per heavy atom. The van der Waals surface area contributed by atoms with Gasteiger partial charge in [-0.2, -0.15) is 0 Å². The van der Waals surface area contributed by atoms with Crippen molar-refractivity contribution in [3.8, 4) is 17.2 Å². The number of benzene rings is 2. The zero-order chi connectivity index (χ0) is 19.7. The molecule has 0 bridgehead atoms. The second-order valence-corrected chi connectivity index (χ2v) is 6.90. The molecule has 6 nitrogen and oxygen atoms in total. The van der Waals surface area contributed by atoms with E-state index in [-0.39, 0.29) is 11.3 Å². The molecule has 0 spiro atoms. The summed E-state index contributed by atoms with van der Waals surface area (Å²) in [6.07, 6.45) is 2.07. The van der Waals surface area contributed by atoms with E-state index in [1.807, 2.05) is 18.2 Å². The van der Waals surface area contributed by atoms with Crippen LogP contribution in [-0.2, 0) is 0 Å². The van der Waals surface area contributed by atoms with E-state index in [4.69, 9.17) is 13.9 Å². The number of hydrogen-bond donors (Lipinski definition) is 1. The predicted octanol–water partition coefficient (Wildman–Crippen LogP) is 3.70. The lowest BCUT2D eigenvalue weighted by molar-refractivity contribution is 0.262. The third-order valence-electron chi connectivity index (χ3n) is 5.33. The molecule has 1 atom stereocenters. The lowest BCUT2D eigenvalue weighted by atomic mass is 9.95. The molecule has 6 heteroatoms. The summed E-state index contributed by atoms with van der Waals surface area (Å²) in [6.45, 7) is 1.65. The van der Waals surface area contributed by atoms with E-state index in [0.29, 0.717) is 22.5 Å². The molecular formula is C22H23NO5. The van der Waals surface area contributed by atoms with Crippen molar-refractivity contribution in [1.29, 1.82) is 0 Å². The molecule has 1 fully saturated rings. The monoisotopic (exact) mass is 381 g/mol. The maximum atomic E-state index is 12.9. The Labute approximate surface area is 162 Å². The van der Waals surface area contributed by atoms with E-state index >= 15 is 0 Å². The van der Waals surface area contributed by atoms with E-state index in [1.54, 1.807) is 38.5 Å². The quantitative estimate of drug-likeness (QED) is 0.680. The molecule has 1 aromatic heterocycles. The standard InChI is InChI=1S/C22H23NO5/c1-26-14-9-10-15(18(13-14)27-2)20(23-11-5-6-12-23)19-21(24)16-7-3-4-8-17(16)28-22(19)25/h3-4,7-10,13,20,24H,5-6,11-12H2,1-2H3/t20-/m0/s1. The summed E-state index contributed by atoms with van der Waals surface area (Å²) in [7, 11) is 3.18. The Morgan fingerprint density at radius 2 is 1.82 bits per heavy atom. The van der Waals surface area contributed by atoms with Crippen molar-refractivity contribution in [2.24, 2.45) is 0 Å². The molecule has 4 rings (SSSR count). The van der Waals surface area contributed by atoms with Gasteiger partial charge in [-0.25, -0.2) is 4.79 Å². The van der Waals surface area contributed by atoms with Crippen LogP contribution < -0.4 is 15.1 Å². The summed E-state index contributed by atoms with van der Waals surface area (Å²) in [6, 6.07) is 12.1. The lowest BCUT2D eigenvalue weighted by Crippen LogP contribution is -2.30. The number of ether oxygens (including phenoxy) is 2. The third kappa shape index (κ3) is 3.10. The smallest absolute Gasteiger partial charge is 0.345 e. The second-order valence-electron chi connectivity index (χ2n) is 6.90. The Balaban J connectivity index is 1.96. The highest BCUT2D eigenvalue weighted by Gasteiger charge is 2.33. The average molecular weight is 381 g/mol. The summed E-state index contributed by atoms with van der Waals surface area (Å²) in [4.78, 5) is 15.1. The van der Waals surface area contributed by atoms with Gasteiger partial charge in [-0.15, -0.1) is 0 Å². The van der Waals surface area contributed by atoms with Gasteiger partial charge in [-0.3, -0.25) is 4.90 Å². The van der Waals surface area contributed by atoms with E-state index in [2.05, 4.69) is 4.90 Å².